The van der Waals surface area contributed by atoms with E-state index in [1.54, 1.807) is 0 Å². The fourth-order valence-corrected chi connectivity index (χ4v) is 4.18. The van der Waals surface area contributed by atoms with Crippen LogP contribution in [0.15, 0.2) is 18.3 Å². The highest BCUT2D eigenvalue weighted by Gasteiger charge is 2.57. The van der Waals surface area contributed by atoms with Gasteiger partial charge >= 0.3 is 0 Å². The number of carbonyl (C=O) groups is 1. The zero-order chi connectivity index (χ0) is 17.1. The Balaban J connectivity index is 1.68. The number of aromatic nitrogens is 2. The van der Waals surface area contributed by atoms with Crippen LogP contribution in [0.5, 0.6) is 0 Å². The van der Waals surface area contributed by atoms with Gasteiger partial charge in [0.15, 0.2) is 0 Å². The fraction of sp³-hybridized carbons (Fsp3) is 0.526. The molecule has 1 amide bonds. The Kier molecular flexibility index (Phi) is 3.39. The Hall–Kier alpha value is -2.01. The van der Waals surface area contributed by atoms with E-state index in [1.165, 1.54) is 0 Å². The first-order valence-corrected chi connectivity index (χ1v) is 8.64. The second-order valence-corrected chi connectivity index (χ2v) is 7.73. The molecule has 3 heterocycles. The first kappa shape index (κ1) is 15.5. The average molecular weight is 324 g/mol. The molecule has 2 fully saturated rings. The third kappa shape index (κ3) is 2.38. The number of hydrogen-bond donors (Lipinski definition) is 2. The molecule has 0 radical (unpaired) electrons. The van der Waals surface area contributed by atoms with Crippen LogP contribution in [0.2, 0.25) is 0 Å². The Labute approximate surface area is 142 Å². The lowest BCUT2D eigenvalue weighted by Gasteiger charge is -2.28. The van der Waals surface area contributed by atoms with Gasteiger partial charge in [0.1, 0.15) is 0 Å². The van der Waals surface area contributed by atoms with E-state index in [0.717, 1.165) is 40.9 Å². The lowest BCUT2D eigenvalue weighted by molar-refractivity contribution is -0.124. The number of piperidine rings is 1. The molecule has 1 aliphatic heterocycles. The van der Waals surface area contributed by atoms with Crippen LogP contribution in [0.1, 0.15) is 30.9 Å². The van der Waals surface area contributed by atoms with E-state index in [2.05, 4.69) is 21.7 Å². The van der Waals surface area contributed by atoms with Crippen LogP contribution < -0.4 is 10.6 Å². The molecule has 0 spiro atoms. The predicted octanol–water partition coefficient (Wildman–Crippen LogP) is 2.06. The van der Waals surface area contributed by atoms with Gasteiger partial charge < -0.3 is 10.6 Å². The molecule has 1 saturated carbocycles. The summed E-state index contributed by atoms with van der Waals surface area (Å²) in [4.78, 5) is 21.9. The van der Waals surface area contributed by atoms with Crippen molar-refractivity contribution in [1.29, 1.82) is 0 Å². The van der Waals surface area contributed by atoms with Crippen LogP contribution >= 0.6 is 0 Å². The summed E-state index contributed by atoms with van der Waals surface area (Å²) in [5, 5.41) is 8.76. The van der Waals surface area contributed by atoms with E-state index in [-0.39, 0.29) is 11.8 Å². The van der Waals surface area contributed by atoms with Gasteiger partial charge in [-0.25, -0.2) is 0 Å². The van der Waals surface area contributed by atoms with E-state index in [1.807, 2.05) is 40.0 Å². The third-order valence-electron chi connectivity index (χ3n) is 5.51. The van der Waals surface area contributed by atoms with Crippen molar-refractivity contribution in [1.82, 2.24) is 20.6 Å². The standard InChI is InChI=1S/C19H24N4O/c1-10-7-13-11(2)21-6-5-12(13)17(22-10)19(3,4)23-18(24)16-14-8-20-9-15(14)16/h5-7,14-16,20H,8-9H2,1-4H3,(H,23,24)/t14-,15?,16+/m1/s1. The minimum atomic E-state index is -0.514. The van der Waals surface area contributed by atoms with Crippen LogP contribution in [0, 0.1) is 31.6 Å². The molecule has 1 saturated heterocycles. The SMILES string of the molecule is Cc1cc2c(C)nccc2c(C(C)(C)NC(=O)[C@@H]2C3CNC[C@H]32)n1. The maximum Gasteiger partial charge on any atom is 0.224 e. The molecule has 2 aliphatic rings. The summed E-state index contributed by atoms with van der Waals surface area (Å²) in [6.07, 6.45) is 1.81. The van der Waals surface area contributed by atoms with Gasteiger partial charge in [0.2, 0.25) is 5.91 Å². The first-order chi connectivity index (χ1) is 11.4. The summed E-state index contributed by atoms with van der Waals surface area (Å²) in [6.45, 7) is 10.0. The smallest absolute Gasteiger partial charge is 0.224 e. The quantitative estimate of drug-likeness (QED) is 0.907. The molecule has 2 aromatic heterocycles. The number of nitrogens with one attached hydrogen (secondary N) is 2. The minimum absolute atomic E-state index is 0.165. The van der Waals surface area contributed by atoms with Gasteiger partial charge in [-0.05, 0) is 64.8 Å². The van der Waals surface area contributed by atoms with Crippen LogP contribution in [0.4, 0.5) is 0 Å². The predicted molar refractivity (Wildman–Crippen MR) is 93.5 cm³/mol. The van der Waals surface area contributed by atoms with E-state index in [0.29, 0.717) is 11.8 Å². The average Bonchev–Trinajstić information content (AvgIpc) is 3.01. The molecule has 5 heteroatoms. The fourth-order valence-electron chi connectivity index (χ4n) is 4.18. The molecule has 3 atom stereocenters. The number of amides is 1. The van der Waals surface area contributed by atoms with E-state index in [4.69, 9.17) is 4.98 Å². The van der Waals surface area contributed by atoms with Gasteiger partial charge in [0, 0.05) is 34.3 Å². The van der Waals surface area contributed by atoms with Gasteiger partial charge in [0.05, 0.1) is 11.2 Å². The van der Waals surface area contributed by atoms with Gasteiger partial charge in [0.25, 0.3) is 0 Å². The summed E-state index contributed by atoms with van der Waals surface area (Å²) < 4.78 is 0. The van der Waals surface area contributed by atoms with Crippen molar-refractivity contribution in [2.24, 2.45) is 17.8 Å². The van der Waals surface area contributed by atoms with Crippen LogP contribution in [0.3, 0.4) is 0 Å². The molecule has 1 unspecified atom stereocenters. The summed E-state index contributed by atoms with van der Waals surface area (Å²) in [6, 6.07) is 4.06. The molecule has 0 bridgehead atoms. The molecule has 5 nitrogen and oxygen atoms in total. The van der Waals surface area contributed by atoms with E-state index < -0.39 is 5.54 Å². The highest BCUT2D eigenvalue weighted by molar-refractivity contribution is 5.89. The van der Waals surface area contributed by atoms with Gasteiger partial charge in [-0.1, -0.05) is 0 Å². The van der Waals surface area contributed by atoms with Crippen molar-refractivity contribution >= 4 is 16.7 Å². The Morgan fingerprint density at radius 1 is 1.25 bits per heavy atom. The van der Waals surface area contributed by atoms with E-state index >= 15 is 0 Å². The molecule has 126 valence electrons. The Bertz CT molecular complexity index is 819. The monoisotopic (exact) mass is 324 g/mol. The summed E-state index contributed by atoms with van der Waals surface area (Å²) in [5.41, 5.74) is 2.34. The molecular weight excluding hydrogens is 300 g/mol. The highest BCUT2D eigenvalue weighted by atomic mass is 16.2. The van der Waals surface area contributed by atoms with E-state index in [9.17, 15) is 4.79 Å². The molecular formula is C19H24N4O. The van der Waals surface area contributed by atoms with Crippen LogP contribution in [0.25, 0.3) is 10.8 Å². The van der Waals surface area contributed by atoms with Crippen molar-refractivity contribution in [2.45, 2.75) is 33.2 Å². The molecule has 4 rings (SSSR count). The van der Waals surface area contributed by atoms with Crippen molar-refractivity contribution in [2.75, 3.05) is 13.1 Å². The van der Waals surface area contributed by atoms with Crippen molar-refractivity contribution in [3.8, 4) is 0 Å². The topological polar surface area (TPSA) is 66.9 Å². The van der Waals surface area contributed by atoms with Crippen molar-refractivity contribution in [3.05, 3.63) is 35.4 Å². The summed E-state index contributed by atoms with van der Waals surface area (Å²) in [5.74, 6) is 1.38. The minimum Gasteiger partial charge on any atom is -0.345 e. The maximum absolute atomic E-state index is 12.7. The van der Waals surface area contributed by atoms with Gasteiger partial charge in [-0.15, -0.1) is 0 Å². The number of nitrogens with zero attached hydrogens (tertiary/aromatic N) is 2. The number of rotatable bonds is 3. The largest absolute Gasteiger partial charge is 0.345 e. The van der Waals surface area contributed by atoms with Crippen LogP contribution in [-0.2, 0) is 10.3 Å². The third-order valence-corrected chi connectivity index (χ3v) is 5.51. The molecule has 1 aliphatic carbocycles. The lowest BCUT2D eigenvalue weighted by Crippen LogP contribution is -2.43. The lowest BCUT2D eigenvalue weighted by atomic mass is 9.93. The number of carbonyl (C=O) groups excluding carboxylic acids is 1. The van der Waals surface area contributed by atoms with Crippen molar-refractivity contribution in [3.63, 3.8) is 0 Å². The van der Waals surface area contributed by atoms with Crippen LogP contribution in [-0.4, -0.2) is 29.0 Å². The number of hydrogen-bond acceptors (Lipinski definition) is 4. The second kappa shape index (κ2) is 5.24. The van der Waals surface area contributed by atoms with Crippen molar-refractivity contribution < 1.29 is 4.79 Å². The normalized spacial score (nSPS) is 25.6. The second-order valence-electron chi connectivity index (χ2n) is 7.73. The Morgan fingerprint density at radius 2 is 1.96 bits per heavy atom. The molecule has 2 N–H and O–H groups in total. The highest BCUT2D eigenvalue weighted by Crippen LogP contribution is 2.49. The summed E-state index contributed by atoms with van der Waals surface area (Å²) >= 11 is 0. The number of aryl methyl sites for hydroxylation is 2. The van der Waals surface area contributed by atoms with Gasteiger partial charge in [-0.3, -0.25) is 14.8 Å². The molecule has 0 aromatic carbocycles. The Morgan fingerprint density at radius 3 is 2.67 bits per heavy atom. The molecule has 2 aromatic rings. The molecule has 24 heavy (non-hydrogen) atoms. The number of pyridine rings is 2. The zero-order valence-electron chi connectivity index (χ0n) is 14.7. The maximum atomic E-state index is 12.7. The zero-order valence-corrected chi connectivity index (χ0v) is 14.7. The van der Waals surface area contributed by atoms with Gasteiger partial charge in [-0.2, -0.15) is 0 Å². The first-order valence-electron chi connectivity index (χ1n) is 8.64. The number of fused-ring (bicyclic) bond motifs is 2. The summed E-state index contributed by atoms with van der Waals surface area (Å²) in [7, 11) is 0.